The van der Waals surface area contributed by atoms with E-state index in [9.17, 15) is 4.79 Å². The second-order valence-electron chi connectivity index (χ2n) is 5.17. The van der Waals surface area contributed by atoms with Gasteiger partial charge in [0.15, 0.2) is 29.6 Å². The molecule has 0 heterocycles. The maximum atomic E-state index is 12.7. The van der Waals surface area contributed by atoms with Gasteiger partial charge >= 0.3 is 6.09 Å². The maximum Gasteiger partial charge on any atom is 0.419 e. The van der Waals surface area contributed by atoms with Crippen molar-refractivity contribution in [1.82, 2.24) is 0 Å². The summed E-state index contributed by atoms with van der Waals surface area (Å²) in [6, 6.07) is 10.1. The first-order chi connectivity index (χ1) is 13.1. The van der Waals surface area contributed by atoms with Crippen molar-refractivity contribution < 1.29 is 28.5 Å². The molecule has 2 aromatic carbocycles. The van der Waals surface area contributed by atoms with Crippen LogP contribution in [0.1, 0.15) is 0 Å². The molecule has 0 bridgehead atoms. The highest BCUT2D eigenvalue weighted by molar-refractivity contribution is 5.96. The molecule has 0 radical (unpaired) electrons. The molecule has 27 heavy (non-hydrogen) atoms. The fourth-order valence-corrected chi connectivity index (χ4v) is 2.46. The summed E-state index contributed by atoms with van der Waals surface area (Å²) in [6.45, 7) is -0.157. The van der Waals surface area contributed by atoms with Gasteiger partial charge in [0.25, 0.3) is 0 Å². The van der Waals surface area contributed by atoms with E-state index in [1.54, 1.807) is 36.4 Å². The van der Waals surface area contributed by atoms with Gasteiger partial charge in [-0.1, -0.05) is 5.92 Å². The molecule has 0 aliphatic rings. The van der Waals surface area contributed by atoms with Gasteiger partial charge in [-0.2, -0.15) is 0 Å². The third-order valence-corrected chi connectivity index (χ3v) is 3.71. The molecule has 0 atom stereocenters. The number of anilines is 2. The molecule has 0 aromatic heterocycles. The van der Waals surface area contributed by atoms with Crippen molar-refractivity contribution in [3.8, 4) is 35.3 Å². The minimum absolute atomic E-state index is 0.157. The summed E-state index contributed by atoms with van der Waals surface area (Å²) in [7, 11) is 6.09. The first kappa shape index (κ1) is 19.8. The van der Waals surface area contributed by atoms with Crippen LogP contribution in [-0.4, -0.2) is 41.1 Å². The lowest BCUT2D eigenvalue weighted by atomic mass is 10.2. The quantitative estimate of drug-likeness (QED) is 0.693. The van der Waals surface area contributed by atoms with Gasteiger partial charge in [-0.3, -0.25) is 0 Å². The van der Waals surface area contributed by atoms with Gasteiger partial charge < -0.3 is 23.7 Å². The Kier molecular flexibility index (Phi) is 6.78. The standard InChI is InChI=1S/C20H21NO6/c1-6-11-27-20(22)21(14-7-9-16(23-2)18(12-14)25-4)15-8-10-17(24-3)19(13-15)26-5/h1,7-10,12-13H,11H2,2-5H3. The lowest BCUT2D eigenvalue weighted by molar-refractivity contribution is 0.170. The topological polar surface area (TPSA) is 66.5 Å². The Labute approximate surface area is 158 Å². The number of benzene rings is 2. The van der Waals surface area contributed by atoms with Crippen molar-refractivity contribution >= 4 is 17.5 Å². The molecule has 0 unspecified atom stereocenters. The number of carbonyl (C=O) groups is 1. The monoisotopic (exact) mass is 371 g/mol. The van der Waals surface area contributed by atoms with Gasteiger partial charge in [0.1, 0.15) is 0 Å². The number of hydrogen-bond donors (Lipinski definition) is 0. The Balaban J connectivity index is 2.56. The lowest BCUT2D eigenvalue weighted by Gasteiger charge is -2.23. The Morgan fingerprint density at radius 1 is 0.852 bits per heavy atom. The molecule has 142 valence electrons. The molecule has 0 fully saturated rings. The van der Waals surface area contributed by atoms with Crippen molar-refractivity contribution in [1.29, 1.82) is 0 Å². The molecular weight excluding hydrogens is 350 g/mol. The molecule has 0 aliphatic carbocycles. The molecule has 7 nitrogen and oxygen atoms in total. The first-order valence-electron chi connectivity index (χ1n) is 7.94. The minimum atomic E-state index is -0.646. The molecule has 7 heteroatoms. The largest absolute Gasteiger partial charge is 0.493 e. The Morgan fingerprint density at radius 2 is 1.30 bits per heavy atom. The predicted octanol–water partition coefficient (Wildman–Crippen LogP) is 3.63. The van der Waals surface area contributed by atoms with Crippen molar-refractivity contribution in [2.45, 2.75) is 0 Å². The van der Waals surface area contributed by atoms with E-state index < -0.39 is 6.09 Å². The molecule has 0 spiro atoms. The number of ether oxygens (including phenoxy) is 5. The first-order valence-corrected chi connectivity index (χ1v) is 7.94. The van der Waals surface area contributed by atoms with Crippen LogP contribution in [0.25, 0.3) is 0 Å². The van der Waals surface area contributed by atoms with Gasteiger partial charge in [-0.25, -0.2) is 9.69 Å². The second-order valence-corrected chi connectivity index (χ2v) is 5.17. The molecule has 2 aromatic rings. The van der Waals surface area contributed by atoms with Gasteiger partial charge in [0.2, 0.25) is 0 Å². The van der Waals surface area contributed by atoms with Gasteiger partial charge in [0, 0.05) is 12.1 Å². The average molecular weight is 371 g/mol. The highest BCUT2D eigenvalue weighted by Crippen LogP contribution is 2.38. The van der Waals surface area contributed by atoms with E-state index in [4.69, 9.17) is 30.1 Å². The van der Waals surface area contributed by atoms with E-state index in [2.05, 4.69) is 5.92 Å². The average Bonchev–Trinajstić information content (AvgIpc) is 2.71. The van der Waals surface area contributed by atoms with E-state index in [-0.39, 0.29) is 6.61 Å². The highest BCUT2D eigenvalue weighted by Gasteiger charge is 2.22. The number of nitrogens with zero attached hydrogens (tertiary/aromatic N) is 1. The summed E-state index contributed by atoms with van der Waals surface area (Å²) >= 11 is 0. The van der Waals surface area contributed by atoms with Crippen LogP contribution in [0.4, 0.5) is 16.2 Å². The smallest absolute Gasteiger partial charge is 0.419 e. The Bertz CT molecular complexity index is 787. The Morgan fingerprint density at radius 3 is 1.67 bits per heavy atom. The lowest BCUT2D eigenvalue weighted by Crippen LogP contribution is -2.27. The summed E-state index contributed by atoms with van der Waals surface area (Å²) in [6.07, 6.45) is 4.56. The van der Waals surface area contributed by atoms with E-state index in [1.807, 2.05) is 0 Å². The number of hydrogen-bond acceptors (Lipinski definition) is 6. The molecule has 1 amide bonds. The van der Waals surface area contributed by atoms with E-state index in [1.165, 1.54) is 33.3 Å². The Hall–Kier alpha value is -3.53. The van der Waals surface area contributed by atoms with E-state index in [0.29, 0.717) is 34.4 Å². The molecule has 0 aliphatic heterocycles. The maximum absolute atomic E-state index is 12.7. The highest BCUT2D eigenvalue weighted by atomic mass is 16.6. The second kappa shape index (κ2) is 9.25. The van der Waals surface area contributed by atoms with Crippen LogP contribution in [0.3, 0.4) is 0 Å². The van der Waals surface area contributed by atoms with Crippen LogP contribution in [0.2, 0.25) is 0 Å². The number of rotatable bonds is 7. The van der Waals surface area contributed by atoms with Crippen LogP contribution >= 0.6 is 0 Å². The molecule has 0 saturated carbocycles. The number of amides is 1. The molecular formula is C20H21NO6. The summed E-state index contributed by atoms with van der Waals surface area (Å²) in [4.78, 5) is 14.0. The summed E-state index contributed by atoms with van der Waals surface area (Å²) < 4.78 is 26.3. The SMILES string of the molecule is C#CCOC(=O)N(c1ccc(OC)c(OC)c1)c1ccc(OC)c(OC)c1. The normalized spacial score (nSPS) is 9.74. The third-order valence-electron chi connectivity index (χ3n) is 3.71. The van der Waals surface area contributed by atoms with Crippen LogP contribution in [-0.2, 0) is 4.74 Å². The van der Waals surface area contributed by atoms with Crippen LogP contribution in [0, 0.1) is 12.3 Å². The van der Waals surface area contributed by atoms with Crippen molar-refractivity contribution in [2.75, 3.05) is 39.9 Å². The zero-order valence-corrected chi connectivity index (χ0v) is 15.6. The molecule has 2 rings (SSSR count). The van der Waals surface area contributed by atoms with E-state index >= 15 is 0 Å². The van der Waals surface area contributed by atoms with Crippen molar-refractivity contribution in [3.05, 3.63) is 36.4 Å². The van der Waals surface area contributed by atoms with Gasteiger partial charge in [0.05, 0.1) is 39.8 Å². The zero-order valence-electron chi connectivity index (χ0n) is 15.6. The summed E-state index contributed by atoms with van der Waals surface area (Å²) in [5, 5.41) is 0. The molecule has 0 saturated heterocycles. The van der Waals surface area contributed by atoms with Crippen molar-refractivity contribution in [3.63, 3.8) is 0 Å². The van der Waals surface area contributed by atoms with Crippen LogP contribution < -0.4 is 23.8 Å². The van der Waals surface area contributed by atoms with Gasteiger partial charge in [-0.05, 0) is 24.3 Å². The number of terminal acetylenes is 1. The van der Waals surface area contributed by atoms with Crippen LogP contribution in [0.15, 0.2) is 36.4 Å². The number of carbonyl (C=O) groups excluding carboxylic acids is 1. The summed E-state index contributed by atoms with van der Waals surface area (Å²) in [5.41, 5.74) is 1.00. The predicted molar refractivity (Wildman–Crippen MR) is 101 cm³/mol. The third kappa shape index (κ3) is 4.36. The fraction of sp³-hybridized carbons (Fsp3) is 0.250. The fourth-order valence-electron chi connectivity index (χ4n) is 2.46. The molecule has 0 N–H and O–H groups in total. The summed E-state index contributed by atoms with van der Waals surface area (Å²) in [5.74, 6) is 4.27. The van der Waals surface area contributed by atoms with Gasteiger partial charge in [-0.15, -0.1) is 6.42 Å². The van der Waals surface area contributed by atoms with Crippen LogP contribution in [0.5, 0.6) is 23.0 Å². The van der Waals surface area contributed by atoms with Crippen molar-refractivity contribution in [2.24, 2.45) is 0 Å². The number of methoxy groups -OCH3 is 4. The van der Waals surface area contributed by atoms with E-state index in [0.717, 1.165) is 0 Å². The zero-order chi connectivity index (χ0) is 19.8. The minimum Gasteiger partial charge on any atom is -0.493 e.